The van der Waals surface area contributed by atoms with E-state index >= 15 is 0 Å². The first-order chi connectivity index (χ1) is 7.33. The molecule has 1 aromatic carbocycles. The van der Waals surface area contributed by atoms with Crippen molar-refractivity contribution >= 4 is 22.0 Å². The van der Waals surface area contributed by atoms with E-state index in [1.807, 2.05) is 0 Å². The normalized spacial score (nSPS) is 14.9. The number of rotatable bonds is 3. The van der Waals surface area contributed by atoms with E-state index in [0.717, 1.165) is 30.5 Å². The van der Waals surface area contributed by atoms with Gasteiger partial charge in [0.25, 0.3) is 0 Å². The maximum Gasteiger partial charge on any atom is 0.122 e. The molecule has 0 fully saturated rings. The Kier molecular flexibility index (Phi) is 3.47. The predicted molar refractivity (Wildman–Crippen MR) is 67.7 cm³/mol. The van der Waals surface area contributed by atoms with Crippen LogP contribution in [0.25, 0.3) is 6.08 Å². The zero-order valence-corrected chi connectivity index (χ0v) is 10.5. The van der Waals surface area contributed by atoms with Gasteiger partial charge in [-0.3, -0.25) is 0 Å². The second-order valence-electron chi connectivity index (χ2n) is 3.76. The summed E-state index contributed by atoms with van der Waals surface area (Å²) in [5, 5.41) is 0.955. The Hall–Kier alpha value is -0.760. The summed E-state index contributed by atoms with van der Waals surface area (Å²) in [4.78, 5) is 0. The second-order valence-corrected chi connectivity index (χ2v) is 4.32. The highest BCUT2D eigenvalue weighted by Crippen LogP contribution is 2.27. The molecule has 0 aliphatic carbocycles. The van der Waals surface area contributed by atoms with Gasteiger partial charge in [0.05, 0.1) is 6.61 Å². The van der Waals surface area contributed by atoms with Crippen LogP contribution >= 0.6 is 15.9 Å². The van der Waals surface area contributed by atoms with Crippen LogP contribution in [0.1, 0.15) is 24.5 Å². The van der Waals surface area contributed by atoms with E-state index in [1.165, 1.54) is 16.7 Å². The largest absolute Gasteiger partial charge is 0.493 e. The van der Waals surface area contributed by atoms with Gasteiger partial charge in [-0.05, 0) is 29.7 Å². The molecule has 1 heterocycles. The van der Waals surface area contributed by atoms with Gasteiger partial charge in [0.2, 0.25) is 0 Å². The molecule has 1 aliphatic heterocycles. The van der Waals surface area contributed by atoms with Crippen molar-refractivity contribution < 1.29 is 4.74 Å². The monoisotopic (exact) mass is 266 g/mol. The molecule has 0 unspecified atom stereocenters. The maximum atomic E-state index is 5.48. The van der Waals surface area contributed by atoms with Crippen molar-refractivity contribution in [2.45, 2.75) is 19.8 Å². The van der Waals surface area contributed by atoms with Crippen LogP contribution in [-0.4, -0.2) is 11.9 Å². The number of hydrogen-bond acceptors (Lipinski definition) is 1. The fourth-order valence-electron chi connectivity index (χ4n) is 1.77. The Labute approximate surface area is 99.3 Å². The Morgan fingerprint density at radius 3 is 3.13 bits per heavy atom. The minimum Gasteiger partial charge on any atom is -0.493 e. The van der Waals surface area contributed by atoms with E-state index in [-0.39, 0.29) is 0 Å². The lowest BCUT2D eigenvalue weighted by atomic mass is 10.1. The van der Waals surface area contributed by atoms with E-state index in [0.29, 0.717) is 0 Å². The summed E-state index contributed by atoms with van der Waals surface area (Å²) >= 11 is 3.50. The summed E-state index contributed by atoms with van der Waals surface area (Å²) < 4.78 is 5.48. The van der Waals surface area contributed by atoms with Crippen molar-refractivity contribution in [3.05, 3.63) is 34.9 Å². The first kappa shape index (κ1) is 10.7. The lowest BCUT2D eigenvalue weighted by Gasteiger charge is -2.02. The van der Waals surface area contributed by atoms with Gasteiger partial charge in [-0.25, -0.2) is 0 Å². The molecule has 0 amide bonds. The molecule has 0 radical (unpaired) electrons. The highest BCUT2D eigenvalue weighted by atomic mass is 79.9. The van der Waals surface area contributed by atoms with Crippen molar-refractivity contribution in [1.82, 2.24) is 0 Å². The molecule has 15 heavy (non-hydrogen) atoms. The quantitative estimate of drug-likeness (QED) is 0.757. The van der Waals surface area contributed by atoms with Gasteiger partial charge in [0.15, 0.2) is 0 Å². The summed E-state index contributed by atoms with van der Waals surface area (Å²) in [5.74, 6) is 1.06. The summed E-state index contributed by atoms with van der Waals surface area (Å²) in [6.07, 6.45) is 4.40. The number of alkyl halides is 1. The molecule has 0 bridgehead atoms. The van der Waals surface area contributed by atoms with Gasteiger partial charge in [-0.15, -0.1) is 0 Å². The third-order valence-electron chi connectivity index (χ3n) is 2.71. The van der Waals surface area contributed by atoms with Crippen LogP contribution in [0.3, 0.4) is 0 Å². The molecule has 0 N–H and O–H groups in total. The summed E-state index contributed by atoms with van der Waals surface area (Å²) in [6.45, 7) is 3.02. The highest BCUT2D eigenvalue weighted by Gasteiger charge is 2.11. The lowest BCUT2D eigenvalue weighted by Crippen LogP contribution is -1.85. The molecule has 0 aromatic heterocycles. The Morgan fingerprint density at radius 2 is 2.40 bits per heavy atom. The summed E-state index contributed by atoms with van der Waals surface area (Å²) in [7, 11) is 0. The Morgan fingerprint density at radius 1 is 1.53 bits per heavy atom. The number of hydrogen-bond donors (Lipinski definition) is 0. The summed E-state index contributed by atoms with van der Waals surface area (Å²) in [5.41, 5.74) is 4.05. The van der Waals surface area contributed by atoms with Crippen LogP contribution in [-0.2, 0) is 6.42 Å². The Bertz CT molecular complexity index is 376. The van der Waals surface area contributed by atoms with E-state index in [4.69, 9.17) is 4.74 Å². The van der Waals surface area contributed by atoms with Crippen molar-refractivity contribution in [2.24, 2.45) is 0 Å². The number of allylic oxidation sites excluding steroid dienone is 1. The molecule has 1 aromatic rings. The lowest BCUT2D eigenvalue weighted by molar-refractivity contribution is 0.357. The first-order valence-electron chi connectivity index (χ1n) is 5.34. The maximum absolute atomic E-state index is 5.48. The fourth-order valence-corrected chi connectivity index (χ4v) is 2.33. The molecule has 80 valence electrons. The molecule has 1 nitrogen and oxygen atoms in total. The van der Waals surface area contributed by atoms with E-state index in [1.54, 1.807) is 0 Å². The topological polar surface area (TPSA) is 9.23 Å². The smallest absolute Gasteiger partial charge is 0.122 e. The van der Waals surface area contributed by atoms with Crippen LogP contribution in [0.4, 0.5) is 0 Å². The third kappa shape index (κ3) is 2.43. The van der Waals surface area contributed by atoms with Gasteiger partial charge >= 0.3 is 0 Å². The molecule has 0 saturated heterocycles. The zero-order valence-electron chi connectivity index (χ0n) is 8.92. The predicted octanol–water partition coefficient (Wildman–Crippen LogP) is 3.81. The molecule has 0 saturated carbocycles. The van der Waals surface area contributed by atoms with Crippen molar-refractivity contribution in [2.75, 3.05) is 11.9 Å². The standard InChI is InChI=1S/C13H15BrO/c1-2-10(9-14)7-11-3-4-13-12(8-11)5-6-15-13/h3-4,7-8H,2,5-6,9H2,1H3/b10-7-. The second kappa shape index (κ2) is 4.84. The van der Waals surface area contributed by atoms with Crippen LogP contribution in [0.5, 0.6) is 5.75 Å². The van der Waals surface area contributed by atoms with E-state index < -0.39 is 0 Å². The van der Waals surface area contributed by atoms with Crippen molar-refractivity contribution in [1.29, 1.82) is 0 Å². The molecule has 2 heteroatoms. The van der Waals surface area contributed by atoms with Crippen LogP contribution in [0.15, 0.2) is 23.8 Å². The first-order valence-corrected chi connectivity index (χ1v) is 6.46. The molecule has 0 atom stereocenters. The van der Waals surface area contributed by atoms with Crippen molar-refractivity contribution in [3.63, 3.8) is 0 Å². The molecule has 2 rings (SSSR count). The number of ether oxygens (including phenoxy) is 1. The molecular formula is C13H15BrO. The zero-order chi connectivity index (χ0) is 10.7. The average Bonchev–Trinajstić information content (AvgIpc) is 2.73. The fraction of sp³-hybridized carbons (Fsp3) is 0.385. The van der Waals surface area contributed by atoms with Crippen LogP contribution in [0, 0.1) is 0 Å². The number of fused-ring (bicyclic) bond motifs is 1. The van der Waals surface area contributed by atoms with Gasteiger partial charge < -0.3 is 4.74 Å². The van der Waals surface area contributed by atoms with Crippen LogP contribution in [0.2, 0.25) is 0 Å². The number of benzene rings is 1. The SMILES string of the molecule is CC/C(=C/c1ccc2c(c1)CCO2)CBr. The molecule has 0 spiro atoms. The molecule has 1 aliphatic rings. The average molecular weight is 267 g/mol. The van der Waals surface area contributed by atoms with Gasteiger partial charge in [0.1, 0.15) is 5.75 Å². The third-order valence-corrected chi connectivity index (χ3v) is 3.43. The minimum absolute atomic E-state index is 0.835. The highest BCUT2D eigenvalue weighted by molar-refractivity contribution is 9.09. The molecular weight excluding hydrogens is 252 g/mol. The summed E-state index contributed by atoms with van der Waals surface area (Å²) in [6, 6.07) is 6.44. The van der Waals surface area contributed by atoms with Crippen LogP contribution < -0.4 is 4.74 Å². The minimum atomic E-state index is 0.835. The van der Waals surface area contributed by atoms with Crippen molar-refractivity contribution in [3.8, 4) is 5.75 Å². The number of halogens is 1. The Balaban J connectivity index is 2.26. The van der Waals surface area contributed by atoms with Gasteiger partial charge in [0, 0.05) is 11.8 Å². The van der Waals surface area contributed by atoms with Gasteiger partial charge in [-0.2, -0.15) is 0 Å². The van der Waals surface area contributed by atoms with Gasteiger partial charge in [-0.1, -0.05) is 40.6 Å². The van der Waals surface area contributed by atoms with E-state index in [2.05, 4.69) is 47.1 Å². The van der Waals surface area contributed by atoms with E-state index in [9.17, 15) is 0 Å².